The molecule has 2 aromatic carbocycles. The van der Waals surface area contributed by atoms with Gasteiger partial charge >= 0.3 is 0 Å². The van der Waals surface area contributed by atoms with Crippen LogP contribution in [0.2, 0.25) is 0 Å². The maximum Gasteiger partial charge on any atom is 0.233 e. The van der Waals surface area contributed by atoms with Gasteiger partial charge in [0.1, 0.15) is 5.82 Å². The standard InChI is InChI=1S/C18H20FNO2S/c1-2-17(23-15-6-4-3-5-7-15)18(22)20-11-13-8-9-16(19)14(10-13)12-21/h3-10,17,21H,2,11-12H2,1H3,(H,20,22). The van der Waals surface area contributed by atoms with Crippen LogP contribution in [0.15, 0.2) is 53.4 Å². The highest BCUT2D eigenvalue weighted by Gasteiger charge is 2.17. The molecule has 2 N–H and O–H groups in total. The van der Waals surface area contributed by atoms with Crippen LogP contribution in [0.3, 0.4) is 0 Å². The van der Waals surface area contributed by atoms with Crippen LogP contribution in [0.4, 0.5) is 4.39 Å². The number of carbonyl (C=O) groups is 1. The van der Waals surface area contributed by atoms with Gasteiger partial charge in [-0.2, -0.15) is 0 Å². The number of nitrogens with one attached hydrogen (secondary N) is 1. The van der Waals surface area contributed by atoms with Crippen LogP contribution >= 0.6 is 11.8 Å². The third kappa shape index (κ3) is 5.08. The molecule has 0 aliphatic rings. The van der Waals surface area contributed by atoms with E-state index in [0.717, 1.165) is 16.9 Å². The number of hydrogen-bond donors (Lipinski definition) is 2. The number of amides is 1. The molecule has 3 nitrogen and oxygen atoms in total. The Balaban J connectivity index is 1.94. The van der Waals surface area contributed by atoms with Crippen molar-refractivity contribution in [3.8, 4) is 0 Å². The van der Waals surface area contributed by atoms with Crippen LogP contribution in [-0.2, 0) is 17.9 Å². The second-order valence-electron chi connectivity index (χ2n) is 5.13. The fourth-order valence-corrected chi connectivity index (χ4v) is 3.15. The minimum Gasteiger partial charge on any atom is -0.392 e. The van der Waals surface area contributed by atoms with Crippen molar-refractivity contribution < 1.29 is 14.3 Å². The summed E-state index contributed by atoms with van der Waals surface area (Å²) < 4.78 is 13.3. The van der Waals surface area contributed by atoms with Gasteiger partial charge in [-0.15, -0.1) is 11.8 Å². The van der Waals surface area contributed by atoms with Crippen LogP contribution < -0.4 is 5.32 Å². The number of benzene rings is 2. The molecule has 0 bridgehead atoms. The predicted octanol–water partition coefficient (Wildman–Crippen LogP) is 3.51. The quantitative estimate of drug-likeness (QED) is 0.763. The molecule has 0 saturated heterocycles. The van der Waals surface area contributed by atoms with Gasteiger partial charge in [-0.1, -0.05) is 31.2 Å². The number of aliphatic hydroxyl groups is 1. The topological polar surface area (TPSA) is 49.3 Å². The lowest BCUT2D eigenvalue weighted by Gasteiger charge is -2.15. The summed E-state index contributed by atoms with van der Waals surface area (Å²) >= 11 is 1.53. The summed E-state index contributed by atoms with van der Waals surface area (Å²) in [6.45, 7) is 1.94. The maximum atomic E-state index is 13.3. The van der Waals surface area contributed by atoms with Crippen molar-refractivity contribution in [1.29, 1.82) is 0 Å². The molecule has 0 heterocycles. The molecular formula is C18H20FNO2S. The first-order valence-electron chi connectivity index (χ1n) is 7.51. The van der Waals surface area contributed by atoms with Crippen molar-refractivity contribution in [3.05, 3.63) is 65.5 Å². The molecule has 0 spiro atoms. The van der Waals surface area contributed by atoms with E-state index in [4.69, 9.17) is 5.11 Å². The Morgan fingerprint density at radius 1 is 1.26 bits per heavy atom. The van der Waals surface area contributed by atoms with Gasteiger partial charge in [0.2, 0.25) is 5.91 Å². The normalized spacial score (nSPS) is 12.0. The van der Waals surface area contributed by atoms with E-state index < -0.39 is 5.82 Å². The molecule has 2 rings (SSSR count). The third-order valence-electron chi connectivity index (χ3n) is 3.43. The van der Waals surface area contributed by atoms with Crippen molar-refractivity contribution in [2.24, 2.45) is 0 Å². The number of aliphatic hydroxyl groups excluding tert-OH is 1. The van der Waals surface area contributed by atoms with E-state index in [9.17, 15) is 9.18 Å². The molecule has 2 aromatic rings. The highest BCUT2D eigenvalue weighted by molar-refractivity contribution is 8.00. The van der Waals surface area contributed by atoms with Crippen molar-refractivity contribution in [2.75, 3.05) is 0 Å². The second-order valence-corrected chi connectivity index (χ2v) is 6.41. The fraction of sp³-hybridized carbons (Fsp3) is 0.278. The summed E-state index contributed by atoms with van der Waals surface area (Å²) in [5.41, 5.74) is 1.01. The zero-order valence-electron chi connectivity index (χ0n) is 13.0. The third-order valence-corrected chi connectivity index (χ3v) is 4.81. The first-order valence-corrected chi connectivity index (χ1v) is 8.39. The lowest BCUT2D eigenvalue weighted by molar-refractivity contribution is -0.120. The number of thioether (sulfide) groups is 1. The minimum atomic E-state index is -0.436. The van der Waals surface area contributed by atoms with E-state index >= 15 is 0 Å². The van der Waals surface area contributed by atoms with Crippen molar-refractivity contribution in [3.63, 3.8) is 0 Å². The van der Waals surface area contributed by atoms with E-state index in [1.165, 1.54) is 17.8 Å². The smallest absolute Gasteiger partial charge is 0.233 e. The largest absolute Gasteiger partial charge is 0.392 e. The van der Waals surface area contributed by atoms with Crippen LogP contribution in [0.5, 0.6) is 0 Å². The first kappa shape index (κ1) is 17.5. The lowest BCUT2D eigenvalue weighted by Crippen LogP contribution is -2.31. The summed E-state index contributed by atoms with van der Waals surface area (Å²) in [5.74, 6) is -0.482. The van der Waals surface area contributed by atoms with E-state index in [2.05, 4.69) is 5.32 Å². The highest BCUT2D eigenvalue weighted by atomic mass is 32.2. The van der Waals surface area contributed by atoms with E-state index in [1.807, 2.05) is 37.3 Å². The van der Waals surface area contributed by atoms with Crippen LogP contribution in [-0.4, -0.2) is 16.3 Å². The molecule has 5 heteroatoms. The van der Waals surface area contributed by atoms with Crippen LogP contribution in [0.1, 0.15) is 24.5 Å². The van der Waals surface area contributed by atoms with Gasteiger partial charge in [0.15, 0.2) is 0 Å². The molecule has 122 valence electrons. The van der Waals surface area contributed by atoms with E-state index in [0.29, 0.717) is 6.54 Å². The molecule has 23 heavy (non-hydrogen) atoms. The molecule has 1 atom stereocenters. The molecular weight excluding hydrogens is 313 g/mol. The number of carbonyl (C=O) groups excluding carboxylic acids is 1. The van der Waals surface area contributed by atoms with Crippen LogP contribution in [0, 0.1) is 5.82 Å². The lowest BCUT2D eigenvalue weighted by atomic mass is 10.1. The van der Waals surface area contributed by atoms with Gasteiger partial charge in [0.05, 0.1) is 11.9 Å². The summed E-state index contributed by atoms with van der Waals surface area (Å²) in [7, 11) is 0. The van der Waals surface area contributed by atoms with Gasteiger partial charge in [0.25, 0.3) is 0 Å². The molecule has 0 saturated carbocycles. The fourth-order valence-electron chi connectivity index (χ4n) is 2.15. The Morgan fingerprint density at radius 2 is 2.00 bits per heavy atom. The van der Waals surface area contributed by atoms with Gasteiger partial charge in [0, 0.05) is 17.0 Å². The highest BCUT2D eigenvalue weighted by Crippen LogP contribution is 2.25. The van der Waals surface area contributed by atoms with Crippen molar-refractivity contribution >= 4 is 17.7 Å². The van der Waals surface area contributed by atoms with Crippen molar-refractivity contribution in [2.45, 2.75) is 36.6 Å². The van der Waals surface area contributed by atoms with Gasteiger partial charge in [-0.05, 0) is 36.2 Å². The molecule has 0 radical (unpaired) electrons. The van der Waals surface area contributed by atoms with E-state index in [-0.39, 0.29) is 23.3 Å². The van der Waals surface area contributed by atoms with Gasteiger partial charge in [-0.25, -0.2) is 4.39 Å². The zero-order valence-corrected chi connectivity index (χ0v) is 13.8. The van der Waals surface area contributed by atoms with Gasteiger partial charge < -0.3 is 10.4 Å². The average molecular weight is 333 g/mol. The second kappa shape index (κ2) is 8.70. The van der Waals surface area contributed by atoms with Gasteiger partial charge in [-0.3, -0.25) is 4.79 Å². The summed E-state index contributed by atoms with van der Waals surface area (Å²) in [4.78, 5) is 13.4. The van der Waals surface area contributed by atoms with E-state index in [1.54, 1.807) is 12.1 Å². The SMILES string of the molecule is CCC(Sc1ccccc1)C(=O)NCc1ccc(F)c(CO)c1. The first-order chi connectivity index (χ1) is 11.1. The molecule has 1 unspecified atom stereocenters. The molecule has 1 amide bonds. The maximum absolute atomic E-state index is 13.3. The Morgan fingerprint density at radius 3 is 2.65 bits per heavy atom. The summed E-state index contributed by atoms with van der Waals surface area (Å²) in [5, 5.41) is 11.8. The molecule has 0 aromatic heterocycles. The predicted molar refractivity (Wildman–Crippen MR) is 90.5 cm³/mol. The molecule has 0 fully saturated rings. The average Bonchev–Trinajstić information content (AvgIpc) is 2.59. The monoisotopic (exact) mass is 333 g/mol. The Kier molecular flexibility index (Phi) is 6.62. The Labute approximate surface area is 139 Å². The number of rotatable bonds is 7. The Bertz CT molecular complexity index is 649. The zero-order chi connectivity index (χ0) is 16.7. The van der Waals surface area contributed by atoms with Crippen molar-refractivity contribution in [1.82, 2.24) is 5.32 Å². The summed E-state index contributed by atoms with van der Waals surface area (Å²) in [6, 6.07) is 14.3. The Hall–Kier alpha value is -1.85. The number of hydrogen-bond acceptors (Lipinski definition) is 3. The minimum absolute atomic E-state index is 0.0452. The molecule has 0 aliphatic heterocycles. The van der Waals surface area contributed by atoms with Crippen LogP contribution in [0.25, 0.3) is 0 Å². The summed E-state index contributed by atoms with van der Waals surface area (Å²) in [6.07, 6.45) is 0.719. The molecule has 0 aliphatic carbocycles. The number of halogens is 1.